The lowest BCUT2D eigenvalue weighted by molar-refractivity contribution is -0.137. The van der Waals surface area contributed by atoms with E-state index in [2.05, 4.69) is 10.3 Å². The van der Waals surface area contributed by atoms with Crippen molar-refractivity contribution < 1.29 is 22.8 Å². The summed E-state index contributed by atoms with van der Waals surface area (Å²) in [5.41, 5.74) is 1.22. The Bertz CT molecular complexity index is 962. The molecule has 0 atom stereocenters. The minimum Gasteiger partial charge on any atom is -0.349 e. The summed E-state index contributed by atoms with van der Waals surface area (Å²) in [7, 11) is 1.85. The molecule has 0 spiro atoms. The molecule has 0 radical (unpaired) electrons. The van der Waals surface area contributed by atoms with Gasteiger partial charge >= 0.3 is 6.18 Å². The van der Waals surface area contributed by atoms with Crippen LogP contribution in [-0.2, 0) is 37.5 Å². The molecule has 1 N–H and O–H groups in total. The van der Waals surface area contributed by atoms with Crippen molar-refractivity contribution in [3.8, 4) is 0 Å². The van der Waals surface area contributed by atoms with Crippen LogP contribution in [0.15, 0.2) is 24.3 Å². The Labute approximate surface area is 172 Å². The third kappa shape index (κ3) is 3.93. The SMILES string of the molecule is Cn1c(CNC(=O)C2CCC2)nc2c1CN(C(=O)c1ccc(C(F)(F)F)cc1)CC2. The van der Waals surface area contributed by atoms with Crippen LogP contribution in [-0.4, -0.2) is 32.8 Å². The van der Waals surface area contributed by atoms with Crippen LogP contribution in [0.5, 0.6) is 0 Å². The second kappa shape index (κ2) is 7.77. The first-order chi connectivity index (χ1) is 14.2. The molecule has 6 nitrogen and oxygen atoms in total. The zero-order chi connectivity index (χ0) is 21.5. The summed E-state index contributed by atoms with van der Waals surface area (Å²) in [6.07, 6.45) is -0.904. The number of nitrogens with zero attached hydrogens (tertiary/aromatic N) is 3. The molecule has 160 valence electrons. The fraction of sp³-hybridized carbons (Fsp3) is 0.476. The standard InChI is InChI=1S/C21H23F3N4O2/c1-27-17-12-28(20(30)14-5-7-15(8-6-14)21(22,23)24)10-9-16(17)26-18(27)11-25-19(29)13-3-2-4-13/h5-8,13H,2-4,9-12H2,1H3,(H,25,29). The summed E-state index contributed by atoms with van der Waals surface area (Å²) >= 11 is 0. The van der Waals surface area contributed by atoms with Crippen molar-refractivity contribution in [3.05, 3.63) is 52.6 Å². The molecule has 2 aliphatic rings. The van der Waals surface area contributed by atoms with E-state index >= 15 is 0 Å². The van der Waals surface area contributed by atoms with Crippen LogP contribution in [0.3, 0.4) is 0 Å². The van der Waals surface area contributed by atoms with Crippen LogP contribution in [0.2, 0.25) is 0 Å². The molecule has 1 aliphatic heterocycles. The number of benzene rings is 1. The van der Waals surface area contributed by atoms with Crippen molar-refractivity contribution in [1.29, 1.82) is 0 Å². The number of hydrogen-bond donors (Lipinski definition) is 1. The Morgan fingerprint density at radius 3 is 2.50 bits per heavy atom. The van der Waals surface area contributed by atoms with Gasteiger partial charge in [-0.05, 0) is 37.1 Å². The van der Waals surface area contributed by atoms with E-state index in [0.29, 0.717) is 26.1 Å². The number of imidazole rings is 1. The number of halogens is 3. The molecule has 1 aliphatic carbocycles. The first-order valence-electron chi connectivity index (χ1n) is 10.0. The fourth-order valence-electron chi connectivity index (χ4n) is 3.84. The number of aromatic nitrogens is 2. The van der Waals surface area contributed by atoms with E-state index in [1.54, 1.807) is 4.90 Å². The van der Waals surface area contributed by atoms with E-state index in [-0.39, 0.29) is 23.3 Å². The van der Waals surface area contributed by atoms with Gasteiger partial charge < -0.3 is 14.8 Å². The van der Waals surface area contributed by atoms with Crippen molar-refractivity contribution in [1.82, 2.24) is 19.8 Å². The van der Waals surface area contributed by atoms with Crippen molar-refractivity contribution >= 4 is 11.8 Å². The number of carbonyl (C=O) groups excluding carboxylic acids is 2. The summed E-state index contributed by atoms with van der Waals surface area (Å²) < 4.78 is 40.1. The van der Waals surface area contributed by atoms with E-state index in [4.69, 9.17) is 0 Å². The highest BCUT2D eigenvalue weighted by molar-refractivity contribution is 5.94. The summed E-state index contributed by atoms with van der Waals surface area (Å²) in [6.45, 7) is 1.11. The van der Waals surface area contributed by atoms with Crippen molar-refractivity contribution in [2.75, 3.05) is 6.54 Å². The number of alkyl halides is 3. The predicted molar refractivity (Wildman–Crippen MR) is 102 cm³/mol. The Hall–Kier alpha value is -2.84. The number of hydrogen-bond acceptors (Lipinski definition) is 3. The zero-order valence-corrected chi connectivity index (χ0v) is 16.6. The Kier molecular flexibility index (Phi) is 5.29. The van der Waals surface area contributed by atoms with Gasteiger partial charge in [0.05, 0.1) is 30.0 Å². The maximum atomic E-state index is 12.8. The number of amides is 2. The molecule has 0 bridgehead atoms. The first-order valence-corrected chi connectivity index (χ1v) is 10.0. The molecule has 2 heterocycles. The Morgan fingerprint density at radius 2 is 1.90 bits per heavy atom. The minimum atomic E-state index is -4.43. The summed E-state index contributed by atoms with van der Waals surface area (Å²) in [5.74, 6) is 0.588. The topological polar surface area (TPSA) is 67.2 Å². The van der Waals surface area contributed by atoms with Gasteiger partial charge in [0.2, 0.25) is 5.91 Å². The molecular formula is C21H23F3N4O2. The average Bonchev–Trinajstić information content (AvgIpc) is 2.99. The summed E-state index contributed by atoms with van der Waals surface area (Å²) in [6, 6.07) is 4.28. The van der Waals surface area contributed by atoms with Crippen LogP contribution < -0.4 is 5.32 Å². The Morgan fingerprint density at radius 1 is 1.20 bits per heavy atom. The third-order valence-corrected chi connectivity index (χ3v) is 5.99. The highest BCUT2D eigenvalue weighted by Crippen LogP contribution is 2.30. The minimum absolute atomic E-state index is 0.0568. The monoisotopic (exact) mass is 420 g/mol. The summed E-state index contributed by atoms with van der Waals surface area (Å²) in [4.78, 5) is 31.1. The molecular weight excluding hydrogens is 397 g/mol. The maximum absolute atomic E-state index is 12.8. The number of fused-ring (bicyclic) bond motifs is 1. The molecule has 0 saturated heterocycles. The van der Waals surface area contributed by atoms with Gasteiger partial charge in [0.1, 0.15) is 5.82 Å². The number of rotatable bonds is 4. The molecule has 30 heavy (non-hydrogen) atoms. The lowest BCUT2D eigenvalue weighted by Gasteiger charge is -2.27. The predicted octanol–water partition coefficient (Wildman–Crippen LogP) is 3.05. The number of carbonyl (C=O) groups is 2. The van der Waals surface area contributed by atoms with Crippen LogP contribution in [0.1, 0.15) is 52.4 Å². The molecule has 4 rings (SSSR count). The normalized spacial score (nSPS) is 16.7. The van der Waals surface area contributed by atoms with Gasteiger partial charge in [0.15, 0.2) is 0 Å². The zero-order valence-electron chi connectivity index (χ0n) is 16.6. The van der Waals surface area contributed by atoms with Crippen molar-refractivity contribution in [2.45, 2.75) is 44.9 Å². The van der Waals surface area contributed by atoms with Gasteiger partial charge in [-0.15, -0.1) is 0 Å². The van der Waals surface area contributed by atoms with E-state index in [1.807, 2.05) is 11.6 Å². The van der Waals surface area contributed by atoms with Crippen LogP contribution in [0.25, 0.3) is 0 Å². The highest BCUT2D eigenvalue weighted by atomic mass is 19.4. The molecule has 1 saturated carbocycles. The van der Waals surface area contributed by atoms with E-state index in [0.717, 1.165) is 48.6 Å². The lowest BCUT2D eigenvalue weighted by Crippen LogP contribution is -2.36. The van der Waals surface area contributed by atoms with Gasteiger partial charge in [-0.2, -0.15) is 13.2 Å². The van der Waals surface area contributed by atoms with E-state index in [9.17, 15) is 22.8 Å². The second-order valence-corrected chi connectivity index (χ2v) is 7.88. The lowest BCUT2D eigenvalue weighted by atomic mass is 9.85. The second-order valence-electron chi connectivity index (χ2n) is 7.88. The molecule has 0 unspecified atom stereocenters. The van der Waals surface area contributed by atoms with Crippen molar-refractivity contribution in [2.24, 2.45) is 13.0 Å². The summed E-state index contributed by atoms with van der Waals surface area (Å²) in [5, 5.41) is 2.93. The molecule has 2 aromatic rings. The fourth-order valence-corrected chi connectivity index (χ4v) is 3.84. The first kappa shape index (κ1) is 20.4. The molecule has 2 amide bonds. The van der Waals surface area contributed by atoms with Crippen LogP contribution in [0.4, 0.5) is 13.2 Å². The van der Waals surface area contributed by atoms with Crippen molar-refractivity contribution in [3.63, 3.8) is 0 Å². The molecule has 1 aromatic carbocycles. The molecule has 1 fully saturated rings. The van der Waals surface area contributed by atoms with Gasteiger partial charge in [-0.3, -0.25) is 9.59 Å². The largest absolute Gasteiger partial charge is 0.416 e. The highest BCUT2D eigenvalue weighted by Gasteiger charge is 2.31. The third-order valence-electron chi connectivity index (χ3n) is 5.99. The van der Waals surface area contributed by atoms with Gasteiger partial charge in [0.25, 0.3) is 5.91 Å². The van der Waals surface area contributed by atoms with Crippen LogP contribution in [0, 0.1) is 5.92 Å². The van der Waals surface area contributed by atoms with E-state index < -0.39 is 11.7 Å². The van der Waals surface area contributed by atoms with E-state index in [1.165, 1.54) is 12.1 Å². The molecule has 1 aromatic heterocycles. The van der Waals surface area contributed by atoms with Gasteiger partial charge in [-0.1, -0.05) is 6.42 Å². The maximum Gasteiger partial charge on any atom is 0.416 e. The Balaban J connectivity index is 1.43. The average molecular weight is 420 g/mol. The van der Waals surface area contributed by atoms with Gasteiger partial charge in [-0.25, -0.2) is 4.98 Å². The quantitative estimate of drug-likeness (QED) is 0.827. The smallest absolute Gasteiger partial charge is 0.349 e. The van der Waals surface area contributed by atoms with Crippen LogP contribution >= 0.6 is 0 Å². The number of nitrogens with one attached hydrogen (secondary N) is 1. The molecule has 9 heteroatoms. The van der Waals surface area contributed by atoms with Gasteiger partial charge in [0, 0.05) is 31.5 Å².